The highest BCUT2D eigenvalue weighted by molar-refractivity contribution is 5.81. The fourth-order valence-electron chi connectivity index (χ4n) is 0.532. The van der Waals surface area contributed by atoms with E-state index in [0.29, 0.717) is 0 Å². The summed E-state index contributed by atoms with van der Waals surface area (Å²) >= 11 is 0. The van der Waals surface area contributed by atoms with E-state index in [0.717, 1.165) is 6.08 Å². The van der Waals surface area contributed by atoms with Crippen molar-refractivity contribution < 1.29 is 24.5 Å². The predicted molar refractivity (Wildman–Crippen MR) is 45.1 cm³/mol. The van der Waals surface area contributed by atoms with Gasteiger partial charge in [0.15, 0.2) is 0 Å². The van der Waals surface area contributed by atoms with Crippen LogP contribution in [0.25, 0.3) is 0 Å². The van der Waals surface area contributed by atoms with Crippen molar-refractivity contribution in [2.75, 3.05) is 26.4 Å². The molecule has 0 aromatic rings. The summed E-state index contributed by atoms with van der Waals surface area (Å²) in [7, 11) is 0. The number of aliphatic hydroxyl groups is 2. The normalized spacial score (nSPS) is 12.2. The lowest BCUT2D eigenvalue weighted by Gasteiger charge is -2.07. The zero-order valence-electron chi connectivity index (χ0n) is 7.31. The number of carbonyl (C=O) groups is 1. The van der Waals surface area contributed by atoms with E-state index in [-0.39, 0.29) is 26.4 Å². The quantitative estimate of drug-likeness (QED) is 0.308. The van der Waals surface area contributed by atoms with Crippen LogP contribution < -0.4 is 0 Å². The molecule has 5 nitrogen and oxygen atoms in total. The molecule has 0 fully saturated rings. The van der Waals surface area contributed by atoms with Crippen LogP contribution in [0.15, 0.2) is 12.7 Å². The summed E-state index contributed by atoms with van der Waals surface area (Å²) in [5.74, 6) is -0.508. The van der Waals surface area contributed by atoms with E-state index >= 15 is 0 Å². The van der Waals surface area contributed by atoms with Gasteiger partial charge in [-0.15, -0.1) is 0 Å². The van der Waals surface area contributed by atoms with Gasteiger partial charge in [0.25, 0.3) is 0 Å². The zero-order chi connectivity index (χ0) is 10.1. The summed E-state index contributed by atoms with van der Waals surface area (Å²) in [5, 5.41) is 17.2. The fourth-order valence-corrected chi connectivity index (χ4v) is 0.532. The maximum absolute atomic E-state index is 10.5. The summed E-state index contributed by atoms with van der Waals surface area (Å²) in [4.78, 5) is 10.5. The molecule has 0 aliphatic carbocycles. The Labute approximate surface area is 76.6 Å². The van der Waals surface area contributed by atoms with Gasteiger partial charge in [-0.1, -0.05) is 6.58 Å². The number of carbonyl (C=O) groups excluding carboxylic acids is 1. The molecule has 0 saturated carbocycles. The van der Waals surface area contributed by atoms with E-state index in [2.05, 4.69) is 11.3 Å². The molecule has 2 N–H and O–H groups in total. The summed E-state index contributed by atoms with van der Waals surface area (Å²) < 4.78 is 9.44. The Kier molecular flexibility index (Phi) is 7.18. The van der Waals surface area contributed by atoms with Gasteiger partial charge in [-0.05, 0) is 0 Å². The number of hydrogen-bond donors (Lipinski definition) is 2. The molecule has 1 unspecified atom stereocenters. The van der Waals surface area contributed by atoms with Gasteiger partial charge in [0.1, 0.15) is 12.7 Å². The molecule has 0 amide bonds. The SMILES string of the molecule is C=CC(=O)OCCOCC(O)CO. The van der Waals surface area contributed by atoms with Crippen LogP contribution in [-0.4, -0.2) is 48.7 Å². The van der Waals surface area contributed by atoms with Crippen LogP contribution in [0.5, 0.6) is 0 Å². The largest absolute Gasteiger partial charge is 0.460 e. The molecule has 0 aliphatic rings. The Bertz CT molecular complexity index is 157. The first kappa shape index (κ1) is 12.1. The monoisotopic (exact) mass is 190 g/mol. The third kappa shape index (κ3) is 7.45. The molecule has 0 aliphatic heterocycles. The molecule has 1 atom stereocenters. The topological polar surface area (TPSA) is 76.0 Å². The highest BCUT2D eigenvalue weighted by atomic mass is 16.6. The van der Waals surface area contributed by atoms with E-state index in [9.17, 15) is 4.79 Å². The smallest absolute Gasteiger partial charge is 0.330 e. The predicted octanol–water partition coefficient (Wildman–Crippen LogP) is -0.915. The summed E-state index contributed by atoms with van der Waals surface area (Å²) in [6.45, 7) is 3.21. The van der Waals surface area contributed by atoms with E-state index in [1.54, 1.807) is 0 Å². The molecule has 76 valence electrons. The molecule has 13 heavy (non-hydrogen) atoms. The Morgan fingerprint density at radius 1 is 1.54 bits per heavy atom. The van der Waals surface area contributed by atoms with Gasteiger partial charge in [0, 0.05) is 6.08 Å². The molecule has 0 heterocycles. The van der Waals surface area contributed by atoms with E-state index in [1.165, 1.54) is 0 Å². The van der Waals surface area contributed by atoms with Gasteiger partial charge in [-0.2, -0.15) is 0 Å². The van der Waals surface area contributed by atoms with Gasteiger partial charge < -0.3 is 19.7 Å². The second kappa shape index (κ2) is 7.72. The summed E-state index contributed by atoms with van der Waals surface area (Å²) in [6, 6.07) is 0. The number of ether oxygens (including phenoxy) is 2. The maximum Gasteiger partial charge on any atom is 0.330 e. The average molecular weight is 190 g/mol. The lowest BCUT2D eigenvalue weighted by Crippen LogP contribution is -2.21. The molecule has 0 spiro atoms. The molecule has 0 aromatic heterocycles. The van der Waals surface area contributed by atoms with Crippen molar-refractivity contribution in [3.63, 3.8) is 0 Å². The van der Waals surface area contributed by atoms with Crippen LogP contribution in [0.4, 0.5) is 0 Å². The minimum Gasteiger partial charge on any atom is -0.460 e. The van der Waals surface area contributed by atoms with Gasteiger partial charge in [-0.25, -0.2) is 4.79 Å². The lowest BCUT2D eigenvalue weighted by atomic mass is 10.4. The lowest BCUT2D eigenvalue weighted by molar-refractivity contribution is -0.139. The van der Waals surface area contributed by atoms with E-state index in [1.807, 2.05) is 0 Å². The van der Waals surface area contributed by atoms with Gasteiger partial charge in [0.2, 0.25) is 0 Å². The average Bonchev–Trinajstić information content (AvgIpc) is 2.16. The zero-order valence-corrected chi connectivity index (χ0v) is 7.31. The third-order valence-electron chi connectivity index (χ3n) is 1.16. The first-order chi connectivity index (χ1) is 6.20. The first-order valence-electron chi connectivity index (χ1n) is 3.86. The first-order valence-corrected chi connectivity index (χ1v) is 3.86. The van der Waals surface area contributed by atoms with Crippen molar-refractivity contribution in [1.29, 1.82) is 0 Å². The molecule has 0 radical (unpaired) electrons. The third-order valence-corrected chi connectivity index (χ3v) is 1.16. The number of hydrogen-bond acceptors (Lipinski definition) is 5. The number of aliphatic hydroxyl groups excluding tert-OH is 2. The van der Waals surface area contributed by atoms with Crippen LogP contribution >= 0.6 is 0 Å². The highest BCUT2D eigenvalue weighted by Gasteiger charge is 2.01. The minimum atomic E-state index is -0.880. The molecule has 5 heteroatoms. The van der Waals surface area contributed by atoms with Crippen molar-refractivity contribution >= 4 is 5.97 Å². The Morgan fingerprint density at radius 2 is 2.23 bits per heavy atom. The van der Waals surface area contributed by atoms with Crippen LogP contribution in [-0.2, 0) is 14.3 Å². The number of rotatable bonds is 7. The Hall–Kier alpha value is -0.910. The fraction of sp³-hybridized carbons (Fsp3) is 0.625. The highest BCUT2D eigenvalue weighted by Crippen LogP contribution is 1.85. The molecule has 0 aromatic carbocycles. The molecule has 0 rings (SSSR count). The summed E-state index contributed by atoms with van der Waals surface area (Å²) in [6.07, 6.45) is 0.179. The number of esters is 1. The minimum absolute atomic E-state index is 0.0299. The van der Waals surface area contributed by atoms with Crippen LogP contribution in [0.2, 0.25) is 0 Å². The Morgan fingerprint density at radius 3 is 2.77 bits per heavy atom. The molecular formula is C8H14O5. The molecule has 0 bridgehead atoms. The second-order valence-corrected chi connectivity index (χ2v) is 2.28. The second-order valence-electron chi connectivity index (χ2n) is 2.28. The maximum atomic E-state index is 10.5. The van der Waals surface area contributed by atoms with E-state index in [4.69, 9.17) is 14.9 Å². The molecule has 0 saturated heterocycles. The Balaban J connectivity index is 3.17. The van der Waals surface area contributed by atoms with Crippen molar-refractivity contribution in [1.82, 2.24) is 0 Å². The van der Waals surface area contributed by atoms with Crippen LogP contribution in [0.1, 0.15) is 0 Å². The van der Waals surface area contributed by atoms with Crippen LogP contribution in [0.3, 0.4) is 0 Å². The van der Waals surface area contributed by atoms with Crippen molar-refractivity contribution in [2.24, 2.45) is 0 Å². The molecular weight excluding hydrogens is 176 g/mol. The van der Waals surface area contributed by atoms with Crippen molar-refractivity contribution in [3.8, 4) is 0 Å². The van der Waals surface area contributed by atoms with Crippen molar-refractivity contribution in [2.45, 2.75) is 6.10 Å². The standard InChI is InChI=1S/C8H14O5/c1-2-8(11)13-4-3-12-6-7(10)5-9/h2,7,9-10H,1,3-6H2. The van der Waals surface area contributed by atoms with Crippen molar-refractivity contribution in [3.05, 3.63) is 12.7 Å². The summed E-state index contributed by atoms with van der Waals surface area (Å²) in [5.41, 5.74) is 0. The van der Waals surface area contributed by atoms with E-state index < -0.39 is 12.1 Å². The van der Waals surface area contributed by atoms with Gasteiger partial charge in [0.05, 0.1) is 19.8 Å². The van der Waals surface area contributed by atoms with Crippen LogP contribution in [0, 0.1) is 0 Å². The van der Waals surface area contributed by atoms with Gasteiger partial charge in [-0.3, -0.25) is 0 Å². The van der Waals surface area contributed by atoms with Gasteiger partial charge >= 0.3 is 5.97 Å².